The fraction of sp³-hybridized carbons (Fsp3) is 0.0833. The van der Waals surface area contributed by atoms with Gasteiger partial charge in [0.15, 0.2) is 0 Å². The van der Waals surface area contributed by atoms with Crippen molar-refractivity contribution in [2.24, 2.45) is 5.10 Å². The van der Waals surface area contributed by atoms with Crippen LogP contribution in [-0.4, -0.2) is 30.6 Å². The van der Waals surface area contributed by atoms with Crippen molar-refractivity contribution in [1.29, 1.82) is 0 Å². The minimum absolute atomic E-state index is 0.231. The Hall–Kier alpha value is -4.17. The summed E-state index contributed by atoms with van der Waals surface area (Å²) in [4.78, 5) is 36.8. The molecule has 0 aliphatic rings. The van der Waals surface area contributed by atoms with Crippen molar-refractivity contribution in [2.45, 2.75) is 6.92 Å². The maximum atomic E-state index is 12.6. The Labute approximate surface area is 195 Å². The summed E-state index contributed by atoms with van der Waals surface area (Å²) in [6, 6.07) is 19.7. The third-order valence-electron chi connectivity index (χ3n) is 4.44. The van der Waals surface area contributed by atoms with Crippen molar-refractivity contribution in [3.05, 3.63) is 88.9 Å². The lowest BCUT2D eigenvalue weighted by Gasteiger charge is -2.11. The molecule has 0 aliphatic heterocycles. The van der Waals surface area contributed by atoms with Gasteiger partial charge in [0.05, 0.1) is 12.8 Å². The van der Waals surface area contributed by atoms with Gasteiger partial charge in [-0.2, -0.15) is 5.10 Å². The van der Waals surface area contributed by atoms with Crippen molar-refractivity contribution < 1.29 is 23.9 Å². The van der Waals surface area contributed by atoms with E-state index in [9.17, 15) is 14.4 Å². The number of benzene rings is 3. The number of hydrogen-bond donors (Lipinski definition) is 2. The molecular weight excluding hydrogens is 446 g/mol. The molecule has 3 aromatic carbocycles. The van der Waals surface area contributed by atoms with Gasteiger partial charge < -0.3 is 14.8 Å². The van der Waals surface area contributed by atoms with Gasteiger partial charge in [0.25, 0.3) is 0 Å². The highest BCUT2D eigenvalue weighted by Crippen LogP contribution is 2.23. The van der Waals surface area contributed by atoms with E-state index in [0.29, 0.717) is 27.7 Å². The van der Waals surface area contributed by atoms with E-state index < -0.39 is 17.8 Å². The number of methoxy groups -OCH3 is 1. The molecule has 0 aliphatic carbocycles. The topological polar surface area (TPSA) is 106 Å². The standard InChI is InChI=1S/C24H20ClN3O5/c1-15(27-28-23(30)22(29)26-17-13-11-16(25)12-14-17)18-7-3-6-10-21(18)33-24(31)19-8-4-5-9-20(19)32-2/h3-14H,1-2H3,(H,26,29)(H,28,30). The molecule has 8 nitrogen and oxygen atoms in total. The number of nitrogens with zero attached hydrogens (tertiary/aromatic N) is 1. The molecule has 0 aromatic heterocycles. The molecule has 0 atom stereocenters. The molecule has 0 spiro atoms. The third kappa shape index (κ3) is 6.18. The number of anilines is 1. The summed E-state index contributed by atoms with van der Waals surface area (Å²) in [5.41, 5.74) is 3.65. The lowest BCUT2D eigenvalue weighted by atomic mass is 10.1. The maximum Gasteiger partial charge on any atom is 0.347 e. The first-order valence-electron chi connectivity index (χ1n) is 9.75. The third-order valence-corrected chi connectivity index (χ3v) is 4.69. The number of hydrogen-bond acceptors (Lipinski definition) is 6. The normalized spacial score (nSPS) is 10.8. The number of rotatable bonds is 6. The van der Waals surface area contributed by atoms with E-state index in [1.807, 2.05) is 0 Å². The molecule has 2 N–H and O–H groups in total. The highest BCUT2D eigenvalue weighted by molar-refractivity contribution is 6.39. The minimum atomic E-state index is -0.965. The lowest BCUT2D eigenvalue weighted by Crippen LogP contribution is -2.33. The van der Waals surface area contributed by atoms with Crippen LogP contribution in [0.2, 0.25) is 5.02 Å². The van der Waals surface area contributed by atoms with Crippen LogP contribution in [-0.2, 0) is 9.59 Å². The molecule has 0 saturated heterocycles. The molecule has 0 radical (unpaired) electrons. The highest BCUT2D eigenvalue weighted by Gasteiger charge is 2.17. The highest BCUT2D eigenvalue weighted by atomic mass is 35.5. The van der Waals surface area contributed by atoms with Gasteiger partial charge in [-0.25, -0.2) is 10.2 Å². The quantitative estimate of drug-likeness (QED) is 0.188. The first kappa shape index (κ1) is 23.5. The number of carbonyl (C=O) groups excluding carboxylic acids is 3. The molecule has 3 rings (SSSR count). The second-order valence-electron chi connectivity index (χ2n) is 6.69. The number of amides is 2. The molecule has 0 bridgehead atoms. The number of hydrazone groups is 1. The van der Waals surface area contributed by atoms with Crippen molar-refractivity contribution in [3.63, 3.8) is 0 Å². The van der Waals surface area contributed by atoms with Crippen LogP contribution in [0.4, 0.5) is 5.69 Å². The van der Waals surface area contributed by atoms with Crippen molar-refractivity contribution in [3.8, 4) is 11.5 Å². The van der Waals surface area contributed by atoms with Gasteiger partial charge in [0.2, 0.25) is 0 Å². The Bertz CT molecular complexity index is 1210. The van der Waals surface area contributed by atoms with Crippen LogP contribution in [0, 0.1) is 0 Å². The SMILES string of the molecule is COc1ccccc1C(=O)Oc1ccccc1C(C)=NNC(=O)C(=O)Nc1ccc(Cl)cc1. The summed E-state index contributed by atoms with van der Waals surface area (Å²) in [5, 5.41) is 6.91. The molecule has 3 aromatic rings. The van der Waals surface area contributed by atoms with Crippen molar-refractivity contribution in [2.75, 3.05) is 12.4 Å². The van der Waals surface area contributed by atoms with Gasteiger partial charge in [-0.05, 0) is 55.5 Å². The molecule has 168 valence electrons. The van der Waals surface area contributed by atoms with E-state index in [-0.39, 0.29) is 11.3 Å². The second-order valence-corrected chi connectivity index (χ2v) is 7.12. The lowest BCUT2D eigenvalue weighted by molar-refractivity contribution is -0.136. The minimum Gasteiger partial charge on any atom is -0.496 e. The van der Waals surface area contributed by atoms with E-state index in [4.69, 9.17) is 21.1 Å². The largest absolute Gasteiger partial charge is 0.496 e. The summed E-state index contributed by atoms with van der Waals surface area (Å²) in [7, 11) is 1.46. The Balaban J connectivity index is 1.70. The monoisotopic (exact) mass is 465 g/mol. The Morgan fingerprint density at radius 3 is 2.09 bits per heavy atom. The van der Waals surface area contributed by atoms with Gasteiger partial charge in [-0.15, -0.1) is 0 Å². The second kappa shape index (κ2) is 10.9. The van der Waals surface area contributed by atoms with Crippen LogP contribution >= 0.6 is 11.6 Å². The van der Waals surface area contributed by atoms with Gasteiger partial charge in [0.1, 0.15) is 17.1 Å². The summed E-state index contributed by atoms with van der Waals surface area (Å²) in [5.74, 6) is -1.87. The van der Waals surface area contributed by atoms with Crippen LogP contribution in [0.3, 0.4) is 0 Å². The smallest absolute Gasteiger partial charge is 0.347 e. The molecule has 0 saturated carbocycles. The number of halogens is 1. The zero-order valence-corrected chi connectivity index (χ0v) is 18.6. The average Bonchev–Trinajstić information content (AvgIpc) is 2.83. The van der Waals surface area contributed by atoms with Crippen LogP contribution < -0.4 is 20.2 Å². The molecule has 0 heterocycles. The van der Waals surface area contributed by atoms with Crippen molar-refractivity contribution in [1.82, 2.24) is 5.43 Å². The fourth-order valence-electron chi connectivity index (χ4n) is 2.79. The number of nitrogens with one attached hydrogen (secondary N) is 2. The summed E-state index contributed by atoms with van der Waals surface area (Å²) in [6.45, 7) is 1.60. The van der Waals surface area contributed by atoms with Gasteiger partial charge >= 0.3 is 17.8 Å². The predicted octanol–water partition coefficient (Wildman–Crippen LogP) is 4.05. The van der Waals surface area contributed by atoms with Crippen LogP contribution in [0.1, 0.15) is 22.8 Å². The maximum absolute atomic E-state index is 12.6. The molecular formula is C24H20ClN3O5. The molecule has 0 fully saturated rings. The average molecular weight is 466 g/mol. The van der Waals surface area contributed by atoms with Gasteiger partial charge in [-0.3, -0.25) is 9.59 Å². The van der Waals surface area contributed by atoms with Crippen LogP contribution in [0.25, 0.3) is 0 Å². The number of ether oxygens (including phenoxy) is 2. The van der Waals surface area contributed by atoms with E-state index in [0.717, 1.165) is 0 Å². The molecule has 33 heavy (non-hydrogen) atoms. The van der Waals surface area contributed by atoms with Crippen LogP contribution in [0.5, 0.6) is 11.5 Å². The summed E-state index contributed by atoms with van der Waals surface area (Å²) < 4.78 is 10.7. The molecule has 9 heteroatoms. The predicted molar refractivity (Wildman–Crippen MR) is 125 cm³/mol. The first-order chi connectivity index (χ1) is 15.9. The number of para-hydroxylation sites is 2. The van der Waals surface area contributed by atoms with Gasteiger partial charge in [0, 0.05) is 16.3 Å². The summed E-state index contributed by atoms with van der Waals surface area (Å²) in [6.07, 6.45) is 0. The Kier molecular flexibility index (Phi) is 7.77. The van der Waals surface area contributed by atoms with Crippen LogP contribution in [0.15, 0.2) is 77.9 Å². The van der Waals surface area contributed by atoms with Crippen molar-refractivity contribution >= 4 is 40.8 Å². The van der Waals surface area contributed by atoms with Gasteiger partial charge in [-0.1, -0.05) is 35.9 Å². The van der Waals surface area contributed by atoms with E-state index >= 15 is 0 Å². The zero-order valence-electron chi connectivity index (χ0n) is 17.8. The number of carbonyl (C=O) groups is 3. The van der Waals surface area contributed by atoms with E-state index in [1.54, 1.807) is 79.7 Å². The fourth-order valence-corrected chi connectivity index (χ4v) is 2.92. The molecule has 2 amide bonds. The summed E-state index contributed by atoms with van der Waals surface area (Å²) >= 11 is 5.80. The first-order valence-corrected chi connectivity index (χ1v) is 10.1. The van der Waals surface area contributed by atoms with E-state index in [2.05, 4.69) is 15.8 Å². The Morgan fingerprint density at radius 2 is 1.42 bits per heavy atom. The molecule has 0 unspecified atom stereocenters. The zero-order chi connectivity index (χ0) is 23.8. The van der Waals surface area contributed by atoms with E-state index in [1.165, 1.54) is 7.11 Å². The number of esters is 1. The Morgan fingerprint density at radius 1 is 0.818 bits per heavy atom.